The van der Waals surface area contributed by atoms with Crippen LogP contribution in [0.5, 0.6) is 0 Å². The Labute approximate surface area is 94.4 Å². The summed E-state index contributed by atoms with van der Waals surface area (Å²) in [5.41, 5.74) is 1.05. The summed E-state index contributed by atoms with van der Waals surface area (Å²) >= 11 is 3.62. The van der Waals surface area contributed by atoms with E-state index in [9.17, 15) is 0 Å². The van der Waals surface area contributed by atoms with Crippen LogP contribution in [0.1, 0.15) is 13.8 Å². The molecular weight excluding hydrogens is 210 g/mol. The second-order valence-corrected chi connectivity index (χ2v) is 5.34. The van der Waals surface area contributed by atoms with Gasteiger partial charge in [0.1, 0.15) is 4.38 Å². The average Bonchev–Trinajstić information content (AvgIpc) is 2.20. The molecule has 0 amide bonds. The molecule has 0 unspecified atom stereocenters. The SMILES string of the molecule is CCSC(=Nc1ccccc1)SCC. The number of aliphatic imine (C=N–C) groups is 1. The molecule has 0 aliphatic heterocycles. The van der Waals surface area contributed by atoms with Gasteiger partial charge in [-0.05, 0) is 23.6 Å². The molecule has 0 aromatic heterocycles. The maximum absolute atomic E-state index is 4.58. The third kappa shape index (κ3) is 4.20. The van der Waals surface area contributed by atoms with E-state index in [0.717, 1.165) is 17.2 Å². The van der Waals surface area contributed by atoms with E-state index in [1.54, 1.807) is 0 Å². The Balaban J connectivity index is 2.71. The molecule has 0 fully saturated rings. The summed E-state index contributed by atoms with van der Waals surface area (Å²) < 4.78 is 1.17. The van der Waals surface area contributed by atoms with Crippen LogP contribution in [-0.4, -0.2) is 15.9 Å². The van der Waals surface area contributed by atoms with Crippen LogP contribution in [0.25, 0.3) is 0 Å². The summed E-state index contributed by atoms with van der Waals surface area (Å²) in [6.07, 6.45) is 0. The molecule has 1 nitrogen and oxygen atoms in total. The lowest BCUT2D eigenvalue weighted by Crippen LogP contribution is -1.86. The van der Waals surface area contributed by atoms with Crippen molar-refractivity contribution in [3.8, 4) is 0 Å². The van der Waals surface area contributed by atoms with E-state index in [-0.39, 0.29) is 0 Å². The third-order valence-electron chi connectivity index (χ3n) is 1.51. The second-order valence-electron chi connectivity index (χ2n) is 2.58. The van der Waals surface area contributed by atoms with Crippen LogP contribution in [0, 0.1) is 0 Å². The van der Waals surface area contributed by atoms with Gasteiger partial charge in [-0.1, -0.05) is 55.6 Å². The maximum Gasteiger partial charge on any atom is 0.130 e. The van der Waals surface area contributed by atoms with Crippen molar-refractivity contribution in [3.63, 3.8) is 0 Å². The molecule has 0 heterocycles. The van der Waals surface area contributed by atoms with E-state index < -0.39 is 0 Å². The summed E-state index contributed by atoms with van der Waals surface area (Å²) in [5, 5.41) is 0. The first-order valence-electron chi connectivity index (χ1n) is 4.76. The van der Waals surface area contributed by atoms with Crippen molar-refractivity contribution < 1.29 is 0 Å². The topological polar surface area (TPSA) is 12.4 Å². The van der Waals surface area contributed by atoms with Gasteiger partial charge in [-0.2, -0.15) is 0 Å². The van der Waals surface area contributed by atoms with Gasteiger partial charge in [-0.3, -0.25) is 0 Å². The molecule has 0 spiro atoms. The molecule has 0 radical (unpaired) electrons. The molecule has 0 bridgehead atoms. The minimum atomic E-state index is 1.05. The van der Waals surface area contributed by atoms with Crippen molar-refractivity contribution in [2.75, 3.05) is 11.5 Å². The number of nitrogens with zero attached hydrogens (tertiary/aromatic N) is 1. The van der Waals surface area contributed by atoms with E-state index in [0.29, 0.717) is 0 Å². The van der Waals surface area contributed by atoms with Crippen molar-refractivity contribution >= 4 is 33.6 Å². The highest BCUT2D eigenvalue weighted by molar-refractivity contribution is 8.38. The van der Waals surface area contributed by atoms with Gasteiger partial charge in [0.15, 0.2) is 0 Å². The summed E-state index contributed by atoms with van der Waals surface area (Å²) in [6, 6.07) is 10.1. The molecule has 0 saturated carbocycles. The molecule has 0 aliphatic carbocycles. The largest absolute Gasteiger partial charge is 0.235 e. The van der Waals surface area contributed by atoms with Gasteiger partial charge in [0.2, 0.25) is 0 Å². The zero-order chi connectivity index (χ0) is 10.2. The fraction of sp³-hybridized carbons (Fsp3) is 0.364. The zero-order valence-corrected chi connectivity index (χ0v) is 10.2. The quantitative estimate of drug-likeness (QED) is 0.565. The van der Waals surface area contributed by atoms with Crippen LogP contribution in [-0.2, 0) is 0 Å². The molecule has 1 rings (SSSR count). The lowest BCUT2D eigenvalue weighted by molar-refractivity contribution is 1.52. The number of hydrogen-bond donors (Lipinski definition) is 0. The molecular formula is C11H15NS2. The molecule has 3 heteroatoms. The predicted octanol–water partition coefficient (Wildman–Crippen LogP) is 4.18. The van der Waals surface area contributed by atoms with Crippen molar-refractivity contribution in [2.45, 2.75) is 13.8 Å². The monoisotopic (exact) mass is 225 g/mol. The van der Waals surface area contributed by atoms with Gasteiger partial charge in [0.05, 0.1) is 5.69 Å². The van der Waals surface area contributed by atoms with E-state index in [2.05, 4.69) is 18.8 Å². The van der Waals surface area contributed by atoms with E-state index in [1.807, 2.05) is 53.9 Å². The van der Waals surface area contributed by atoms with Crippen molar-refractivity contribution in [1.82, 2.24) is 0 Å². The fourth-order valence-electron chi connectivity index (χ4n) is 0.961. The van der Waals surface area contributed by atoms with Crippen LogP contribution in [0.3, 0.4) is 0 Å². The number of thioether (sulfide) groups is 2. The normalized spacial score (nSPS) is 9.86. The number of rotatable bonds is 3. The van der Waals surface area contributed by atoms with Crippen molar-refractivity contribution in [2.24, 2.45) is 4.99 Å². The molecule has 1 aromatic rings. The molecule has 0 atom stereocenters. The van der Waals surface area contributed by atoms with Gasteiger partial charge in [0.25, 0.3) is 0 Å². The highest BCUT2D eigenvalue weighted by atomic mass is 32.2. The Bertz CT molecular complexity index is 275. The Hall–Kier alpha value is -0.410. The van der Waals surface area contributed by atoms with Gasteiger partial charge in [0, 0.05) is 0 Å². The van der Waals surface area contributed by atoms with Crippen LogP contribution in [0.2, 0.25) is 0 Å². The first-order valence-corrected chi connectivity index (χ1v) is 6.73. The minimum Gasteiger partial charge on any atom is -0.235 e. The van der Waals surface area contributed by atoms with Crippen LogP contribution >= 0.6 is 23.5 Å². The standard InChI is InChI=1S/C11H15NS2/c1-3-13-11(14-4-2)12-10-8-6-5-7-9-10/h5-9H,3-4H2,1-2H3. The smallest absolute Gasteiger partial charge is 0.130 e. The summed E-state index contributed by atoms with van der Waals surface area (Å²) in [4.78, 5) is 4.58. The van der Waals surface area contributed by atoms with Gasteiger partial charge in [-0.25, -0.2) is 4.99 Å². The summed E-state index contributed by atoms with van der Waals surface area (Å²) in [5.74, 6) is 2.16. The lowest BCUT2D eigenvalue weighted by atomic mass is 10.3. The minimum absolute atomic E-state index is 1.05. The maximum atomic E-state index is 4.58. The Kier molecular flexibility index (Phi) is 5.80. The zero-order valence-electron chi connectivity index (χ0n) is 8.56. The van der Waals surface area contributed by atoms with E-state index in [4.69, 9.17) is 0 Å². The van der Waals surface area contributed by atoms with Crippen molar-refractivity contribution in [1.29, 1.82) is 0 Å². The highest BCUT2D eigenvalue weighted by Gasteiger charge is 1.98. The third-order valence-corrected chi connectivity index (χ3v) is 3.47. The molecule has 14 heavy (non-hydrogen) atoms. The molecule has 0 saturated heterocycles. The summed E-state index contributed by atoms with van der Waals surface area (Å²) in [7, 11) is 0. The Morgan fingerprint density at radius 3 is 2.14 bits per heavy atom. The van der Waals surface area contributed by atoms with Crippen LogP contribution < -0.4 is 0 Å². The van der Waals surface area contributed by atoms with E-state index in [1.165, 1.54) is 4.38 Å². The van der Waals surface area contributed by atoms with Gasteiger partial charge in [-0.15, -0.1) is 0 Å². The van der Waals surface area contributed by atoms with Gasteiger partial charge >= 0.3 is 0 Å². The highest BCUT2D eigenvalue weighted by Crippen LogP contribution is 2.21. The number of benzene rings is 1. The number of para-hydroxylation sites is 1. The molecule has 1 aromatic carbocycles. The van der Waals surface area contributed by atoms with Crippen LogP contribution in [0.15, 0.2) is 35.3 Å². The van der Waals surface area contributed by atoms with Gasteiger partial charge < -0.3 is 0 Å². The molecule has 0 N–H and O–H groups in total. The fourth-order valence-corrected chi connectivity index (χ4v) is 2.84. The molecule has 76 valence electrons. The van der Waals surface area contributed by atoms with Crippen molar-refractivity contribution in [3.05, 3.63) is 30.3 Å². The number of hydrogen-bond acceptors (Lipinski definition) is 3. The Morgan fingerprint density at radius 2 is 1.64 bits per heavy atom. The van der Waals surface area contributed by atoms with Crippen LogP contribution in [0.4, 0.5) is 5.69 Å². The average molecular weight is 225 g/mol. The summed E-state index contributed by atoms with van der Waals surface area (Å²) in [6.45, 7) is 4.31. The first-order chi connectivity index (χ1) is 6.86. The second kappa shape index (κ2) is 6.96. The van der Waals surface area contributed by atoms with E-state index >= 15 is 0 Å². The lowest BCUT2D eigenvalue weighted by Gasteiger charge is -2.01. The predicted molar refractivity (Wildman–Crippen MR) is 69.8 cm³/mol. The first kappa shape index (κ1) is 11.7. The molecule has 0 aliphatic rings. The Morgan fingerprint density at radius 1 is 1.07 bits per heavy atom.